The molecule has 0 aliphatic heterocycles. The van der Waals surface area contributed by atoms with E-state index in [1.807, 2.05) is 44.2 Å². The highest BCUT2D eigenvalue weighted by Gasteiger charge is 2.11. The van der Waals surface area contributed by atoms with Crippen LogP contribution in [-0.2, 0) is 4.79 Å². The Kier molecular flexibility index (Phi) is 5.69. The zero-order chi connectivity index (χ0) is 20.1. The molecular weight excluding hydrogens is 352 g/mol. The van der Waals surface area contributed by atoms with Gasteiger partial charge in [-0.2, -0.15) is 0 Å². The van der Waals surface area contributed by atoms with Gasteiger partial charge in [0.05, 0.1) is 0 Å². The van der Waals surface area contributed by atoms with Crippen molar-refractivity contribution >= 4 is 34.7 Å². The lowest BCUT2D eigenvalue weighted by atomic mass is 10.1. The van der Waals surface area contributed by atoms with Crippen LogP contribution < -0.4 is 16.0 Å². The number of para-hydroxylation sites is 1. The number of aromatic nitrogens is 1. The molecule has 6 nitrogen and oxygen atoms in total. The number of hydrogen-bond donors (Lipinski definition) is 3. The number of benzene rings is 2. The minimum Gasteiger partial charge on any atom is -0.340 e. The van der Waals surface area contributed by atoms with E-state index >= 15 is 0 Å². The molecule has 0 aliphatic carbocycles. The smallest absolute Gasteiger partial charge is 0.255 e. The molecule has 1 aromatic heterocycles. The molecule has 0 saturated carbocycles. The van der Waals surface area contributed by atoms with Gasteiger partial charge in [-0.25, -0.2) is 4.98 Å². The number of amides is 2. The van der Waals surface area contributed by atoms with Gasteiger partial charge >= 0.3 is 0 Å². The molecule has 2 aromatic carbocycles. The lowest BCUT2D eigenvalue weighted by molar-refractivity contribution is -0.114. The fraction of sp³-hybridized carbons (Fsp3) is 0.136. The van der Waals surface area contributed by atoms with Crippen molar-refractivity contribution in [3.8, 4) is 0 Å². The van der Waals surface area contributed by atoms with Gasteiger partial charge in [-0.05, 0) is 55.3 Å². The van der Waals surface area contributed by atoms with Crippen LogP contribution in [0.3, 0.4) is 0 Å². The van der Waals surface area contributed by atoms with Crippen LogP contribution in [0.25, 0.3) is 0 Å². The average molecular weight is 374 g/mol. The zero-order valence-electron chi connectivity index (χ0n) is 16.0. The Balaban J connectivity index is 1.77. The predicted molar refractivity (Wildman–Crippen MR) is 112 cm³/mol. The Labute approximate surface area is 164 Å². The van der Waals surface area contributed by atoms with Crippen molar-refractivity contribution in [2.45, 2.75) is 20.8 Å². The second-order valence-electron chi connectivity index (χ2n) is 6.54. The zero-order valence-corrected chi connectivity index (χ0v) is 16.0. The number of nitrogens with one attached hydrogen (secondary N) is 3. The van der Waals surface area contributed by atoms with Gasteiger partial charge in [0.25, 0.3) is 5.91 Å². The standard InChI is InChI=1S/C22H22N4O2/c1-14-6-4-7-15(2)21(14)26-22(28)17-10-11-23-20(12-17)25-19-9-5-8-18(13-19)24-16(3)27/h4-13H,1-3H3,(H,23,25)(H,24,27)(H,26,28). The molecule has 1 heterocycles. The monoisotopic (exact) mass is 374 g/mol. The summed E-state index contributed by atoms with van der Waals surface area (Å²) < 4.78 is 0. The van der Waals surface area contributed by atoms with Crippen molar-refractivity contribution in [1.29, 1.82) is 0 Å². The summed E-state index contributed by atoms with van der Waals surface area (Å²) in [7, 11) is 0. The van der Waals surface area contributed by atoms with Gasteiger partial charge in [0, 0.05) is 35.7 Å². The van der Waals surface area contributed by atoms with Crippen molar-refractivity contribution in [2.24, 2.45) is 0 Å². The molecule has 3 aromatic rings. The van der Waals surface area contributed by atoms with Crippen LogP contribution in [0, 0.1) is 13.8 Å². The summed E-state index contributed by atoms with van der Waals surface area (Å²) in [6, 6.07) is 16.5. The first-order chi connectivity index (χ1) is 13.4. The number of rotatable bonds is 5. The van der Waals surface area contributed by atoms with Crippen LogP contribution in [0.4, 0.5) is 22.9 Å². The average Bonchev–Trinajstić information content (AvgIpc) is 2.65. The summed E-state index contributed by atoms with van der Waals surface area (Å²) >= 11 is 0. The van der Waals surface area contributed by atoms with E-state index in [0.717, 1.165) is 22.5 Å². The predicted octanol–water partition coefficient (Wildman–Crippen LogP) is 4.65. The molecule has 142 valence electrons. The largest absolute Gasteiger partial charge is 0.340 e. The Morgan fingerprint density at radius 3 is 2.25 bits per heavy atom. The molecule has 3 N–H and O–H groups in total. The van der Waals surface area contributed by atoms with Gasteiger partial charge in [-0.1, -0.05) is 24.3 Å². The van der Waals surface area contributed by atoms with Crippen LogP contribution in [0.5, 0.6) is 0 Å². The van der Waals surface area contributed by atoms with E-state index in [2.05, 4.69) is 20.9 Å². The second-order valence-corrected chi connectivity index (χ2v) is 6.54. The van der Waals surface area contributed by atoms with E-state index in [1.165, 1.54) is 6.92 Å². The fourth-order valence-electron chi connectivity index (χ4n) is 2.86. The highest BCUT2D eigenvalue weighted by Crippen LogP contribution is 2.22. The van der Waals surface area contributed by atoms with Crippen molar-refractivity contribution in [2.75, 3.05) is 16.0 Å². The number of aryl methyl sites for hydroxylation is 2. The van der Waals surface area contributed by atoms with Gasteiger partial charge in [-0.15, -0.1) is 0 Å². The Morgan fingerprint density at radius 1 is 0.857 bits per heavy atom. The highest BCUT2D eigenvalue weighted by molar-refractivity contribution is 6.05. The van der Waals surface area contributed by atoms with E-state index in [4.69, 9.17) is 0 Å². The first-order valence-electron chi connectivity index (χ1n) is 8.90. The summed E-state index contributed by atoms with van der Waals surface area (Å²) in [5, 5.41) is 8.87. The van der Waals surface area contributed by atoms with Gasteiger partial charge < -0.3 is 16.0 Å². The quantitative estimate of drug-likeness (QED) is 0.607. The Bertz CT molecular complexity index is 1010. The molecule has 0 atom stereocenters. The summed E-state index contributed by atoms with van der Waals surface area (Å²) in [4.78, 5) is 28.2. The maximum atomic E-state index is 12.7. The van der Waals surface area contributed by atoms with Crippen LogP contribution in [0.15, 0.2) is 60.8 Å². The Morgan fingerprint density at radius 2 is 1.54 bits per heavy atom. The lowest BCUT2D eigenvalue weighted by Gasteiger charge is -2.12. The van der Waals surface area contributed by atoms with Crippen LogP contribution in [0.1, 0.15) is 28.4 Å². The minimum atomic E-state index is -0.199. The van der Waals surface area contributed by atoms with Gasteiger partial charge in [-0.3, -0.25) is 9.59 Å². The van der Waals surface area contributed by atoms with Crippen LogP contribution >= 0.6 is 0 Å². The maximum Gasteiger partial charge on any atom is 0.255 e. The number of carbonyl (C=O) groups excluding carboxylic acids is 2. The molecule has 0 saturated heterocycles. The van der Waals surface area contributed by atoms with E-state index in [-0.39, 0.29) is 11.8 Å². The van der Waals surface area contributed by atoms with E-state index in [1.54, 1.807) is 30.5 Å². The van der Waals surface area contributed by atoms with E-state index in [0.29, 0.717) is 17.1 Å². The van der Waals surface area contributed by atoms with Crippen LogP contribution in [-0.4, -0.2) is 16.8 Å². The molecule has 0 spiro atoms. The van der Waals surface area contributed by atoms with Crippen molar-refractivity contribution in [1.82, 2.24) is 4.98 Å². The molecular formula is C22H22N4O2. The van der Waals surface area contributed by atoms with Gasteiger partial charge in [0.1, 0.15) is 5.82 Å². The molecule has 28 heavy (non-hydrogen) atoms. The second kappa shape index (κ2) is 8.35. The third kappa shape index (κ3) is 4.73. The summed E-state index contributed by atoms with van der Waals surface area (Å²) in [6.45, 7) is 5.38. The third-order valence-electron chi connectivity index (χ3n) is 4.20. The summed E-state index contributed by atoms with van der Waals surface area (Å²) in [5.74, 6) is 0.199. The number of nitrogens with zero attached hydrogens (tertiary/aromatic N) is 1. The third-order valence-corrected chi connectivity index (χ3v) is 4.20. The number of pyridine rings is 1. The summed E-state index contributed by atoms with van der Waals surface area (Å²) in [5.41, 5.74) is 4.78. The first-order valence-corrected chi connectivity index (χ1v) is 8.90. The SMILES string of the molecule is CC(=O)Nc1cccc(Nc2cc(C(=O)Nc3c(C)cccc3C)ccn2)c1. The molecule has 0 bridgehead atoms. The van der Waals surface area contributed by atoms with Crippen molar-refractivity contribution < 1.29 is 9.59 Å². The maximum absolute atomic E-state index is 12.7. The minimum absolute atomic E-state index is 0.138. The number of anilines is 4. The Hall–Kier alpha value is -3.67. The van der Waals surface area contributed by atoms with Gasteiger partial charge in [0.2, 0.25) is 5.91 Å². The molecule has 0 radical (unpaired) electrons. The molecule has 0 aliphatic rings. The van der Waals surface area contributed by atoms with Crippen LogP contribution in [0.2, 0.25) is 0 Å². The molecule has 0 fully saturated rings. The number of hydrogen-bond acceptors (Lipinski definition) is 4. The molecule has 6 heteroatoms. The van der Waals surface area contributed by atoms with Crippen molar-refractivity contribution in [3.63, 3.8) is 0 Å². The molecule has 2 amide bonds. The topological polar surface area (TPSA) is 83.1 Å². The molecule has 3 rings (SSSR count). The van der Waals surface area contributed by atoms with Gasteiger partial charge in [0.15, 0.2) is 0 Å². The fourth-order valence-corrected chi connectivity index (χ4v) is 2.86. The highest BCUT2D eigenvalue weighted by atomic mass is 16.2. The summed E-state index contributed by atoms with van der Waals surface area (Å²) in [6.07, 6.45) is 1.58. The van der Waals surface area contributed by atoms with E-state index in [9.17, 15) is 9.59 Å². The van der Waals surface area contributed by atoms with Crippen molar-refractivity contribution in [3.05, 3.63) is 77.5 Å². The first kappa shape index (κ1) is 19.1. The normalized spacial score (nSPS) is 10.2. The molecule has 0 unspecified atom stereocenters. The van der Waals surface area contributed by atoms with E-state index < -0.39 is 0 Å². The number of carbonyl (C=O) groups is 2. The lowest BCUT2D eigenvalue weighted by Crippen LogP contribution is -2.14.